The minimum Gasteiger partial charge on any atom is -0.310 e. The molecule has 0 unspecified atom stereocenters. The summed E-state index contributed by atoms with van der Waals surface area (Å²) in [6.45, 7) is 2.71. The Hall–Kier alpha value is -3.48. The summed E-state index contributed by atoms with van der Waals surface area (Å²) < 4.78 is 3.52. The zero-order valence-corrected chi connectivity index (χ0v) is 13.6. The van der Waals surface area contributed by atoms with Crippen LogP contribution in [-0.4, -0.2) is 30.5 Å². The second-order valence-electron chi connectivity index (χ2n) is 5.51. The molecule has 4 rings (SSSR count). The fourth-order valence-corrected chi connectivity index (χ4v) is 2.73. The normalized spacial score (nSPS) is 10.9. The molecule has 0 spiro atoms. The molecular weight excluding hydrogens is 316 g/mol. The van der Waals surface area contributed by atoms with Crippen LogP contribution in [0.3, 0.4) is 0 Å². The van der Waals surface area contributed by atoms with Crippen molar-refractivity contribution < 1.29 is 4.79 Å². The van der Waals surface area contributed by atoms with E-state index in [2.05, 4.69) is 20.6 Å². The Morgan fingerprint density at radius 1 is 1.08 bits per heavy atom. The van der Waals surface area contributed by atoms with E-state index >= 15 is 0 Å². The van der Waals surface area contributed by atoms with E-state index in [0.29, 0.717) is 12.5 Å². The molecule has 2 aromatic carbocycles. The summed E-state index contributed by atoms with van der Waals surface area (Å²) in [5.41, 5.74) is 2.90. The summed E-state index contributed by atoms with van der Waals surface area (Å²) in [5, 5.41) is 10.8. The van der Waals surface area contributed by atoms with Gasteiger partial charge in [-0.3, -0.25) is 10.1 Å². The molecule has 0 atom stereocenters. The molecule has 2 aromatic heterocycles. The summed E-state index contributed by atoms with van der Waals surface area (Å²) in [6.07, 6.45) is 1.60. The van der Waals surface area contributed by atoms with Crippen LogP contribution in [0.5, 0.6) is 0 Å². The van der Waals surface area contributed by atoms with Gasteiger partial charge in [0.1, 0.15) is 0 Å². The van der Waals surface area contributed by atoms with Gasteiger partial charge in [0.05, 0.1) is 22.9 Å². The highest BCUT2D eigenvalue weighted by Crippen LogP contribution is 2.19. The topological polar surface area (TPSA) is 77.6 Å². The van der Waals surface area contributed by atoms with Gasteiger partial charge in [0.25, 0.3) is 5.91 Å². The highest BCUT2D eigenvalue weighted by Gasteiger charge is 2.16. The summed E-state index contributed by atoms with van der Waals surface area (Å²) >= 11 is 0. The summed E-state index contributed by atoms with van der Waals surface area (Å²) in [5.74, 6) is 0.162. The number of benzene rings is 2. The summed E-state index contributed by atoms with van der Waals surface area (Å²) in [4.78, 5) is 17.0. The average molecular weight is 332 g/mol. The van der Waals surface area contributed by atoms with Gasteiger partial charge in [0.2, 0.25) is 5.95 Å². The standard InChI is InChI=1S/C18H16N6O/c1-2-23-16-11-7-6-10-14(16)19-18(23)20-17(25)15-12-24(22-21-15)13-8-4-3-5-9-13/h3-12H,2H2,1H3,(H,19,20,25). The summed E-state index contributed by atoms with van der Waals surface area (Å²) in [7, 11) is 0. The van der Waals surface area contributed by atoms with E-state index in [4.69, 9.17) is 0 Å². The van der Waals surface area contributed by atoms with Crippen molar-refractivity contribution in [2.24, 2.45) is 0 Å². The maximum absolute atomic E-state index is 12.5. The van der Waals surface area contributed by atoms with Crippen LogP contribution in [0.25, 0.3) is 16.7 Å². The van der Waals surface area contributed by atoms with Crippen LogP contribution in [0, 0.1) is 0 Å². The van der Waals surface area contributed by atoms with E-state index in [1.807, 2.05) is 66.1 Å². The fraction of sp³-hybridized carbons (Fsp3) is 0.111. The van der Waals surface area contributed by atoms with Gasteiger partial charge in [-0.25, -0.2) is 9.67 Å². The first-order chi connectivity index (χ1) is 12.3. The van der Waals surface area contributed by atoms with Gasteiger partial charge < -0.3 is 4.57 Å². The number of para-hydroxylation sites is 3. The van der Waals surface area contributed by atoms with Gasteiger partial charge >= 0.3 is 0 Å². The van der Waals surface area contributed by atoms with E-state index in [-0.39, 0.29) is 11.6 Å². The third kappa shape index (κ3) is 2.76. The quantitative estimate of drug-likeness (QED) is 0.623. The smallest absolute Gasteiger partial charge is 0.280 e. The SMILES string of the molecule is CCn1c(NC(=O)c2cn(-c3ccccc3)nn2)nc2ccccc21. The Balaban J connectivity index is 1.62. The molecule has 0 saturated heterocycles. The molecular formula is C18H16N6O. The molecule has 0 aliphatic heterocycles. The Morgan fingerprint density at radius 3 is 2.64 bits per heavy atom. The van der Waals surface area contributed by atoms with Crippen LogP contribution in [0.4, 0.5) is 5.95 Å². The number of rotatable bonds is 4. The first-order valence-electron chi connectivity index (χ1n) is 8.00. The second-order valence-corrected chi connectivity index (χ2v) is 5.51. The zero-order chi connectivity index (χ0) is 17.2. The van der Waals surface area contributed by atoms with Gasteiger partial charge in [0.15, 0.2) is 5.69 Å². The van der Waals surface area contributed by atoms with E-state index in [9.17, 15) is 4.79 Å². The number of anilines is 1. The Kier molecular flexibility index (Phi) is 3.74. The number of carbonyl (C=O) groups excluding carboxylic acids is 1. The average Bonchev–Trinajstić information content (AvgIpc) is 3.27. The van der Waals surface area contributed by atoms with Crippen molar-refractivity contribution in [1.82, 2.24) is 24.5 Å². The summed E-state index contributed by atoms with van der Waals surface area (Å²) in [6, 6.07) is 17.3. The number of carbonyl (C=O) groups is 1. The molecule has 25 heavy (non-hydrogen) atoms. The van der Waals surface area contributed by atoms with Gasteiger partial charge in [-0.2, -0.15) is 0 Å². The number of aromatic nitrogens is 5. The predicted molar refractivity (Wildman–Crippen MR) is 94.7 cm³/mol. The predicted octanol–water partition coefficient (Wildman–Crippen LogP) is 2.89. The third-order valence-corrected chi connectivity index (χ3v) is 3.94. The van der Waals surface area contributed by atoms with Crippen LogP contribution in [-0.2, 0) is 6.54 Å². The number of hydrogen-bond acceptors (Lipinski definition) is 4. The second kappa shape index (κ2) is 6.20. The molecule has 1 amide bonds. The van der Waals surface area contributed by atoms with E-state index < -0.39 is 0 Å². The molecule has 0 aliphatic rings. The molecule has 7 nitrogen and oxygen atoms in total. The molecule has 0 aliphatic carbocycles. The lowest BCUT2D eigenvalue weighted by atomic mass is 10.3. The fourth-order valence-electron chi connectivity index (χ4n) is 2.73. The van der Waals surface area contributed by atoms with Gasteiger partial charge in [-0.15, -0.1) is 5.10 Å². The Morgan fingerprint density at radius 2 is 1.84 bits per heavy atom. The van der Waals surface area contributed by atoms with Crippen LogP contribution in [0.15, 0.2) is 60.8 Å². The lowest BCUT2D eigenvalue weighted by molar-refractivity contribution is 0.102. The highest BCUT2D eigenvalue weighted by atomic mass is 16.2. The van der Waals surface area contributed by atoms with E-state index in [1.165, 1.54) is 0 Å². The number of aryl methyl sites for hydroxylation is 1. The van der Waals surface area contributed by atoms with Crippen molar-refractivity contribution in [3.8, 4) is 5.69 Å². The third-order valence-electron chi connectivity index (χ3n) is 3.94. The van der Waals surface area contributed by atoms with E-state index in [0.717, 1.165) is 16.7 Å². The molecule has 0 radical (unpaired) electrons. The number of fused-ring (bicyclic) bond motifs is 1. The molecule has 0 bridgehead atoms. The van der Waals surface area contributed by atoms with Crippen molar-refractivity contribution in [3.63, 3.8) is 0 Å². The van der Waals surface area contributed by atoms with Crippen LogP contribution in [0.1, 0.15) is 17.4 Å². The first kappa shape index (κ1) is 15.1. The van der Waals surface area contributed by atoms with Gasteiger partial charge in [-0.1, -0.05) is 35.5 Å². The monoisotopic (exact) mass is 332 g/mol. The van der Waals surface area contributed by atoms with Crippen molar-refractivity contribution >= 4 is 22.9 Å². The van der Waals surface area contributed by atoms with Gasteiger partial charge in [-0.05, 0) is 31.2 Å². The molecule has 0 saturated carbocycles. The minimum absolute atomic E-state index is 0.235. The molecule has 1 N–H and O–H groups in total. The largest absolute Gasteiger partial charge is 0.310 e. The van der Waals surface area contributed by atoms with Crippen molar-refractivity contribution in [2.45, 2.75) is 13.5 Å². The van der Waals surface area contributed by atoms with Crippen molar-refractivity contribution in [2.75, 3.05) is 5.32 Å². The van der Waals surface area contributed by atoms with Crippen molar-refractivity contribution in [3.05, 3.63) is 66.5 Å². The maximum atomic E-state index is 12.5. The highest BCUT2D eigenvalue weighted by molar-refractivity contribution is 6.02. The molecule has 7 heteroatoms. The first-order valence-corrected chi connectivity index (χ1v) is 8.00. The molecule has 124 valence electrons. The lowest BCUT2D eigenvalue weighted by Crippen LogP contribution is -2.16. The Bertz CT molecular complexity index is 1030. The van der Waals surface area contributed by atoms with Gasteiger partial charge in [0, 0.05) is 6.54 Å². The molecule has 0 fully saturated rings. The molecule has 4 aromatic rings. The molecule has 2 heterocycles. The van der Waals surface area contributed by atoms with Crippen LogP contribution >= 0.6 is 0 Å². The lowest BCUT2D eigenvalue weighted by Gasteiger charge is -2.06. The Labute approximate surface area is 143 Å². The van der Waals surface area contributed by atoms with Crippen molar-refractivity contribution in [1.29, 1.82) is 0 Å². The number of nitrogens with one attached hydrogen (secondary N) is 1. The zero-order valence-electron chi connectivity index (χ0n) is 13.6. The van der Waals surface area contributed by atoms with Crippen LogP contribution < -0.4 is 5.32 Å². The minimum atomic E-state index is -0.341. The number of nitrogens with zero attached hydrogens (tertiary/aromatic N) is 5. The van der Waals surface area contributed by atoms with E-state index in [1.54, 1.807) is 10.9 Å². The number of hydrogen-bond donors (Lipinski definition) is 1. The maximum Gasteiger partial charge on any atom is 0.280 e. The number of imidazole rings is 1. The number of amides is 1. The van der Waals surface area contributed by atoms with Crippen LogP contribution in [0.2, 0.25) is 0 Å².